The molecule has 9 heteroatoms. The van der Waals surface area contributed by atoms with Gasteiger partial charge in [0.2, 0.25) is 5.91 Å². The number of fused-ring (bicyclic) bond motifs is 3. The molecule has 0 aromatic heterocycles. The summed E-state index contributed by atoms with van der Waals surface area (Å²) in [6, 6.07) is 37.0. The monoisotopic (exact) mass is 635 g/mol. The highest BCUT2D eigenvalue weighted by atomic mass is 19.4. The van der Waals surface area contributed by atoms with Gasteiger partial charge in [-0.3, -0.25) is 9.59 Å². The third kappa shape index (κ3) is 7.05. The molecule has 6 rings (SSSR count). The van der Waals surface area contributed by atoms with Crippen LogP contribution in [0.15, 0.2) is 127 Å². The molecule has 0 aliphatic heterocycles. The molecule has 1 aliphatic rings. The van der Waals surface area contributed by atoms with Gasteiger partial charge in [-0.15, -0.1) is 0 Å². The lowest BCUT2D eigenvalue weighted by atomic mass is 9.89. The predicted molar refractivity (Wildman–Crippen MR) is 174 cm³/mol. The molecular formula is C38H32F3N3O3. The summed E-state index contributed by atoms with van der Waals surface area (Å²) in [6.07, 6.45) is -4.23. The third-order valence-electron chi connectivity index (χ3n) is 8.19. The van der Waals surface area contributed by atoms with E-state index in [1.807, 2.05) is 66.7 Å². The van der Waals surface area contributed by atoms with Crippen LogP contribution < -0.4 is 21.1 Å². The van der Waals surface area contributed by atoms with Crippen molar-refractivity contribution in [3.05, 3.63) is 155 Å². The first-order valence-electron chi connectivity index (χ1n) is 15.2. The Balaban J connectivity index is 1.30. The van der Waals surface area contributed by atoms with E-state index in [1.165, 1.54) is 0 Å². The summed E-state index contributed by atoms with van der Waals surface area (Å²) in [5, 5.41) is 5.18. The van der Waals surface area contributed by atoms with Crippen molar-refractivity contribution in [2.24, 2.45) is 5.73 Å². The maximum Gasteiger partial charge on any atom is 0.405 e. The Kier molecular flexibility index (Phi) is 9.08. The molecule has 0 radical (unpaired) electrons. The first kappa shape index (κ1) is 31.6. The molecule has 4 N–H and O–H groups in total. The summed E-state index contributed by atoms with van der Waals surface area (Å²) in [5.41, 5.74) is 11.7. The molecule has 0 fully saturated rings. The van der Waals surface area contributed by atoms with Crippen LogP contribution in [0.4, 0.5) is 13.2 Å². The van der Waals surface area contributed by atoms with Gasteiger partial charge in [-0.25, -0.2) is 0 Å². The van der Waals surface area contributed by atoms with Gasteiger partial charge >= 0.3 is 6.18 Å². The van der Waals surface area contributed by atoms with Gasteiger partial charge in [-0.05, 0) is 64.1 Å². The minimum atomic E-state index is -4.53. The summed E-state index contributed by atoms with van der Waals surface area (Å²) < 4.78 is 44.9. The fraction of sp³-hybridized carbons (Fsp3) is 0.158. The zero-order chi connectivity index (χ0) is 33.0. The lowest BCUT2D eigenvalue weighted by Crippen LogP contribution is -2.42. The van der Waals surface area contributed by atoms with Crippen LogP contribution in [0.3, 0.4) is 0 Å². The molecule has 0 spiro atoms. The standard InChI is InChI=1S/C38H32F3N3O3/c39-38(40,41)23-43-37(46)34-28-18-8-7-17-27(28)33-25(14-11-20-30(33)34)22-31(42)35(24-12-3-1-4-13-24)44-36(45)29-19-9-10-21-32(29)47-26-15-5-2-6-16-26/h1-21,31,34-35H,22-23,42H2,(H,43,46)(H,44,45). The number of carbonyl (C=O) groups excluding carboxylic acids is 2. The fourth-order valence-electron chi connectivity index (χ4n) is 6.12. The number of halogens is 3. The van der Waals surface area contributed by atoms with Gasteiger partial charge in [-0.1, -0.05) is 103 Å². The summed E-state index contributed by atoms with van der Waals surface area (Å²) >= 11 is 0. The highest BCUT2D eigenvalue weighted by Gasteiger charge is 2.37. The van der Waals surface area contributed by atoms with Crippen LogP contribution in [-0.2, 0) is 11.2 Å². The van der Waals surface area contributed by atoms with Gasteiger partial charge in [0, 0.05) is 6.04 Å². The minimum absolute atomic E-state index is 0.302. The zero-order valence-electron chi connectivity index (χ0n) is 25.2. The van der Waals surface area contributed by atoms with E-state index in [2.05, 4.69) is 10.6 Å². The SMILES string of the molecule is NC(Cc1cccc2c1-c1ccccc1C2C(=O)NCC(F)(F)F)C(NC(=O)c1ccccc1Oc1ccccc1)c1ccccc1. The van der Waals surface area contributed by atoms with Crippen LogP contribution in [0.2, 0.25) is 0 Å². The number of ether oxygens (including phenoxy) is 1. The van der Waals surface area contributed by atoms with Crippen LogP contribution >= 0.6 is 0 Å². The Hall–Kier alpha value is -5.41. The van der Waals surface area contributed by atoms with Gasteiger partial charge in [0.15, 0.2) is 0 Å². The maximum absolute atomic E-state index is 13.8. The Bertz CT molecular complexity index is 1880. The average Bonchev–Trinajstić information content (AvgIpc) is 3.42. The normalized spacial score (nSPS) is 14.8. The second kappa shape index (κ2) is 13.5. The minimum Gasteiger partial charge on any atom is -0.457 e. The number of benzene rings is 5. The average molecular weight is 636 g/mol. The number of amides is 2. The second-order valence-electron chi connectivity index (χ2n) is 11.4. The van der Waals surface area contributed by atoms with E-state index in [4.69, 9.17) is 10.5 Å². The van der Waals surface area contributed by atoms with Crippen LogP contribution in [0.5, 0.6) is 11.5 Å². The largest absolute Gasteiger partial charge is 0.457 e. The number of nitrogens with one attached hydrogen (secondary N) is 2. The Morgan fingerprint density at radius 2 is 1.40 bits per heavy atom. The number of carbonyl (C=O) groups is 2. The quantitative estimate of drug-likeness (QED) is 0.150. The molecule has 0 saturated heterocycles. The van der Waals surface area contributed by atoms with Gasteiger partial charge in [-0.2, -0.15) is 13.2 Å². The lowest BCUT2D eigenvalue weighted by molar-refractivity contribution is -0.138. The number of alkyl halides is 3. The van der Waals surface area contributed by atoms with Gasteiger partial charge in [0.05, 0.1) is 17.5 Å². The molecule has 2 amide bonds. The van der Waals surface area contributed by atoms with E-state index in [0.717, 1.165) is 22.3 Å². The molecule has 6 nitrogen and oxygen atoms in total. The van der Waals surface area contributed by atoms with E-state index in [-0.39, 0.29) is 5.91 Å². The highest BCUT2D eigenvalue weighted by molar-refractivity contribution is 5.98. The summed E-state index contributed by atoms with van der Waals surface area (Å²) in [7, 11) is 0. The summed E-state index contributed by atoms with van der Waals surface area (Å²) in [4.78, 5) is 27.0. The molecule has 5 aromatic rings. The van der Waals surface area contributed by atoms with Gasteiger partial charge in [0.1, 0.15) is 18.0 Å². The van der Waals surface area contributed by atoms with Crippen LogP contribution in [0, 0.1) is 0 Å². The summed E-state index contributed by atoms with van der Waals surface area (Å²) in [5.74, 6) is -1.01. The Labute approximate surface area is 270 Å². The molecule has 5 aromatic carbocycles. The van der Waals surface area contributed by atoms with Crippen molar-refractivity contribution in [2.75, 3.05) is 6.54 Å². The van der Waals surface area contributed by atoms with Crippen LogP contribution in [0.1, 0.15) is 44.6 Å². The molecule has 0 saturated carbocycles. The Morgan fingerprint density at radius 1 is 0.766 bits per heavy atom. The molecule has 3 unspecified atom stereocenters. The van der Waals surface area contributed by atoms with Crippen molar-refractivity contribution in [3.63, 3.8) is 0 Å². The zero-order valence-corrected chi connectivity index (χ0v) is 25.2. The number of nitrogens with two attached hydrogens (primary N) is 1. The molecule has 3 atom stereocenters. The number of rotatable bonds is 10. The fourth-order valence-corrected chi connectivity index (χ4v) is 6.12. The number of hydrogen-bond acceptors (Lipinski definition) is 4. The van der Waals surface area contributed by atoms with Crippen molar-refractivity contribution >= 4 is 11.8 Å². The Morgan fingerprint density at radius 3 is 2.15 bits per heavy atom. The molecule has 238 valence electrons. The highest BCUT2D eigenvalue weighted by Crippen LogP contribution is 2.47. The molecular weight excluding hydrogens is 603 g/mol. The first-order valence-corrected chi connectivity index (χ1v) is 15.2. The second-order valence-corrected chi connectivity index (χ2v) is 11.4. The molecule has 47 heavy (non-hydrogen) atoms. The van der Waals surface area contributed by atoms with E-state index >= 15 is 0 Å². The molecule has 0 bridgehead atoms. The maximum atomic E-state index is 13.8. The van der Waals surface area contributed by atoms with E-state index in [9.17, 15) is 22.8 Å². The van der Waals surface area contributed by atoms with E-state index < -0.39 is 36.6 Å². The van der Waals surface area contributed by atoms with Gasteiger partial charge in [0.25, 0.3) is 5.91 Å². The van der Waals surface area contributed by atoms with Crippen molar-refractivity contribution in [2.45, 2.75) is 30.6 Å². The van der Waals surface area contributed by atoms with Crippen molar-refractivity contribution in [1.82, 2.24) is 10.6 Å². The smallest absolute Gasteiger partial charge is 0.405 e. The topological polar surface area (TPSA) is 93.5 Å². The van der Waals surface area contributed by atoms with E-state index in [0.29, 0.717) is 34.6 Å². The van der Waals surface area contributed by atoms with Gasteiger partial charge < -0.3 is 21.1 Å². The third-order valence-corrected chi connectivity index (χ3v) is 8.19. The molecule has 1 aliphatic carbocycles. The molecule has 0 heterocycles. The van der Waals surface area contributed by atoms with E-state index in [1.54, 1.807) is 60.7 Å². The number of hydrogen-bond donors (Lipinski definition) is 3. The van der Waals surface area contributed by atoms with Crippen molar-refractivity contribution in [1.29, 1.82) is 0 Å². The predicted octanol–water partition coefficient (Wildman–Crippen LogP) is 7.31. The van der Waals surface area contributed by atoms with Crippen molar-refractivity contribution in [3.8, 4) is 22.6 Å². The van der Waals surface area contributed by atoms with Crippen LogP contribution in [0.25, 0.3) is 11.1 Å². The van der Waals surface area contributed by atoms with Crippen LogP contribution in [-0.4, -0.2) is 30.6 Å². The van der Waals surface area contributed by atoms with Crippen molar-refractivity contribution < 1.29 is 27.5 Å². The summed E-state index contributed by atoms with van der Waals surface area (Å²) in [6.45, 7) is -1.41. The number of para-hydroxylation sites is 2. The lowest BCUT2D eigenvalue weighted by Gasteiger charge is -2.27. The first-order chi connectivity index (χ1) is 22.7.